The molecule has 1 heterocycles. The van der Waals surface area contributed by atoms with Gasteiger partial charge in [0.2, 0.25) is 10.0 Å². The first-order chi connectivity index (χ1) is 10.8. The summed E-state index contributed by atoms with van der Waals surface area (Å²) in [4.78, 5) is 0. The number of hydrogen-bond acceptors (Lipinski definition) is 3. The van der Waals surface area contributed by atoms with Crippen molar-refractivity contribution >= 4 is 21.6 Å². The van der Waals surface area contributed by atoms with Crippen LogP contribution in [0.2, 0.25) is 0 Å². The van der Waals surface area contributed by atoms with E-state index in [1.54, 1.807) is 13.8 Å². The highest BCUT2D eigenvalue weighted by molar-refractivity contribution is 7.90. The smallest absolute Gasteiger partial charge is 0.213 e. The van der Waals surface area contributed by atoms with Crippen LogP contribution in [0.4, 0.5) is 0 Å². The largest absolute Gasteiger partial charge is 0.315 e. The molecule has 2 rings (SSSR count). The van der Waals surface area contributed by atoms with Crippen LogP contribution in [0.25, 0.3) is 0 Å². The van der Waals surface area contributed by atoms with E-state index in [1.807, 2.05) is 12.1 Å². The fourth-order valence-electron chi connectivity index (χ4n) is 2.99. The molecule has 0 aromatic heterocycles. The molecule has 4 nitrogen and oxygen atoms in total. The molecule has 1 aliphatic rings. The molecule has 0 saturated carbocycles. The van der Waals surface area contributed by atoms with Gasteiger partial charge in [-0.3, -0.25) is 0 Å². The van der Waals surface area contributed by atoms with E-state index in [2.05, 4.69) is 29.1 Å². The molecule has 0 spiro atoms. The van der Waals surface area contributed by atoms with Gasteiger partial charge >= 0.3 is 0 Å². The Hall–Kier alpha value is -0.620. The molecule has 130 valence electrons. The fourth-order valence-corrected chi connectivity index (χ4v) is 4.17. The molecule has 23 heavy (non-hydrogen) atoms. The average Bonchev–Trinajstić information content (AvgIpc) is 2.53. The van der Waals surface area contributed by atoms with Crippen molar-refractivity contribution in [3.63, 3.8) is 0 Å². The zero-order valence-electron chi connectivity index (χ0n) is 14.0. The average molecular weight is 359 g/mol. The van der Waals surface area contributed by atoms with Gasteiger partial charge in [-0.2, -0.15) is 0 Å². The lowest BCUT2D eigenvalue weighted by atomic mass is 9.83. The van der Waals surface area contributed by atoms with Crippen molar-refractivity contribution in [1.82, 2.24) is 10.0 Å². The third-order valence-corrected chi connectivity index (χ3v) is 6.81. The van der Waals surface area contributed by atoms with Crippen molar-refractivity contribution in [1.29, 1.82) is 0 Å². The molecule has 2 N–H and O–H groups in total. The summed E-state index contributed by atoms with van der Waals surface area (Å²) in [6, 6.07) is 8.27. The van der Waals surface area contributed by atoms with Crippen LogP contribution in [-0.4, -0.2) is 38.7 Å². The molecule has 1 aromatic rings. The lowest BCUT2D eigenvalue weighted by molar-refractivity contribution is 0.463. The summed E-state index contributed by atoms with van der Waals surface area (Å²) in [7, 11) is -3.24. The molecule has 3 atom stereocenters. The standard InChI is InChI=1S/C17H27ClN2O2S/c1-12(2)23(21,22)20-10-13(3)14-6-4-5-7-15(14)16-8-9-19-11-17(16)18/h4-7,12-13,16-17,19-20H,8-11H2,1-3H3. The van der Waals surface area contributed by atoms with E-state index >= 15 is 0 Å². The molecule has 1 fully saturated rings. The second kappa shape index (κ2) is 7.97. The molecular weight excluding hydrogens is 332 g/mol. The molecular formula is C17H27ClN2O2S. The van der Waals surface area contributed by atoms with E-state index in [4.69, 9.17) is 11.6 Å². The quantitative estimate of drug-likeness (QED) is 0.769. The Balaban J connectivity index is 2.16. The van der Waals surface area contributed by atoms with Gasteiger partial charge in [0.1, 0.15) is 0 Å². The van der Waals surface area contributed by atoms with Gasteiger partial charge in [0.05, 0.1) is 10.6 Å². The maximum absolute atomic E-state index is 12.0. The highest BCUT2D eigenvalue weighted by Gasteiger charge is 2.27. The minimum absolute atomic E-state index is 0.0736. The second-order valence-corrected chi connectivity index (χ2v) is 9.47. The van der Waals surface area contributed by atoms with Crippen molar-refractivity contribution in [3.8, 4) is 0 Å². The van der Waals surface area contributed by atoms with Gasteiger partial charge in [0.25, 0.3) is 0 Å². The second-order valence-electron chi connectivity index (χ2n) is 6.59. The monoisotopic (exact) mass is 358 g/mol. The summed E-state index contributed by atoms with van der Waals surface area (Å²) in [6.07, 6.45) is 1.01. The number of alkyl halides is 1. The Bertz CT molecular complexity index is 619. The van der Waals surface area contributed by atoms with Gasteiger partial charge in [0, 0.05) is 19.0 Å². The van der Waals surface area contributed by atoms with E-state index in [0.29, 0.717) is 12.5 Å². The van der Waals surface area contributed by atoms with Crippen molar-refractivity contribution in [2.45, 2.75) is 49.7 Å². The summed E-state index contributed by atoms with van der Waals surface area (Å²) in [5.74, 6) is 0.428. The molecule has 0 radical (unpaired) electrons. The molecule has 0 aliphatic carbocycles. The number of nitrogens with one attached hydrogen (secondary N) is 2. The number of piperidine rings is 1. The maximum Gasteiger partial charge on any atom is 0.213 e. The van der Waals surface area contributed by atoms with Crippen LogP contribution < -0.4 is 10.0 Å². The molecule has 1 aliphatic heterocycles. The number of sulfonamides is 1. The highest BCUT2D eigenvalue weighted by Crippen LogP contribution is 2.34. The summed E-state index contributed by atoms with van der Waals surface area (Å²) >= 11 is 6.51. The number of halogens is 1. The predicted molar refractivity (Wildman–Crippen MR) is 96.8 cm³/mol. The van der Waals surface area contributed by atoms with Crippen molar-refractivity contribution in [2.75, 3.05) is 19.6 Å². The van der Waals surface area contributed by atoms with Gasteiger partial charge < -0.3 is 5.32 Å². The topological polar surface area (TPSA) is 58.2 Å². The summed E-state index contributed by atoms with van der Waals surface area (Å²) in [6.45, 7) is 7.63. The summed E-state index contributed by atoms with van der Waals surface area (Å²) < 4.78 is 26.7. The minimum atomic E-state index is -3.24. The van der Waals surface area contributed by atoms with Crippen LogP contribution in [0.3, 0.4) is 0 Å². The fraction of sp³-hybridized carbons (Fsp3) is 0.647. The van der Waals surface area contributed by atoms with Crippen LogP contribution >= 0.6 is 11.6 Å². The molecule has 1 saturated heterocycles. The van der Waals surface area contributed by atoms with Gasteiger partial charge in [-0.1, -0.05) is 31.2 Å². The van der Waals surface area contributed by atoms with Gasteiger partial charge in [-0.15, -0.1) is 11.6 Å². The van der Waals surface area contributed by atoms with E-state index in [-0.39, 0.29) is 11.3 Å². The zero-order chi connectivity index (χ0) is 17.0. The van der Waals surface area contributed by atoms with Gasteiger partial charge in [0.15, 0.2) is 0 Å². The van der Waals surface area contributed by atoms with Gasteiger partial charge in [-0.05, 0) is 43.9 Å². The third kappa shape index (κ3) is 4.69. The molecule has 3 unspecified atom stereocenters. The Morgan fingerprint density at radius 2 is 2.00 bits per heavy atom. The summed E-state index contributed by atoms with van der Waals surface area (Å²) in [5.41, 5.74) is 2.45. The lowest BCUT2D eigenvalue weighted by Crippen LogP contribution is -2.37. The molecule has 0 amide bonds. The minimum Gasteiger partial charge on any atom is -0.315 e. The Morgan fingerprint density at radius 3 is 2.65 bits per heavy atom. The van der Waals surface area contributed by atoms with Crippen molar-refractivity contribution in [2.24, 2.45) is 0 Å². The first-order valence-corrected chi connectivity index (χ1v) is 10.2. The molecule has 0 bridgehead atoms. The number of rotatable bonds is 6. The SMILES string of the molecule is CC(CNS(=O)(=O)C(C)C)c1ccccc1C1CCNCC1Cl. The maximum atomic E-state index is 12.0. The van der Waals surface area contributed by atoms with Gasteiger partial charge in [-0.25, -0.2) is 13.1 Å². The Kier molecular flexibility index (Phi) is 6.48. The Labute approximate surface area is 145 Å². The first kappa shape index (κ1) is 18.7. The van der Waals surface area contributed by atoms with E-state index in [0.717, 1.165) is 19.5 Å². The number of benzene rings is 1. The predicted octanol–water partition coefficient (Wildman–Crippen LogP) is 2.80. The summed E-state index contributed by atoms with van der Waals surface area (Å²) in [5, 5.41) is 2.98. The number of hydrogen-bond donors (Lipinski definition) is 2. The van der Waals surface area contributed by atoms with E-state index < -0.39 is 15.3 Å². The Morgan fingerprint density at radius 1 is 1.30 bits per heavy atom. The normalized spacial score (nSPS) is 23.9. The van der Waals surface area contributed by atoms with Crippen LogP contribution in [0.15, 0.2) is 24.3 Å². The highest BCUT2D eigenvalue weighted by atomic mass is 35.5. The van der Waals surface area contributed by atoms with E-state index in [1.165, 1.54) is 11.1 Å². The van der Waals surface area contributed by atoms with Crippen LogP contribution in [0, 0.1) is 0 Å². The lowest BCUT2D eigenvalue weighted by Gasteiger charge is -2.31. The van der Waals surface area contributed by atoms with Crippen molar-refractivity contribution in [3.05, 3.63) is 35.4 Å². The third-order valence-electron chi connectivity index (χ3n) is 4.55. The van der Waals surface area contributed by atoms with Crippen LogP contribution in [0.1, 0.15) is 50.2 Å². The van der Waals surface area contributed by atoms with Crippen molar-refractivity contribution < 1.29 is 8.42 Å². The van der Waals surface area contributed by atoms with E-state index in [9.17, 15) is 8.42 Å². The molecule has 1 aromatic carbocycles. The first-order valence-electron chi connectivity index (χ1n) is 8.25. The van der Waals surface area contributed by atoms with Crippen LogP contribution in [0.5, 0.6) is 0 Å². The molecule has 6 heteroatoms. The zero-order valence-corrected chi connectivity index (χ0v) is 15.6. The van der Waals surface area contributed by atoms with Crippen LogP contribution in [-0.2, 0) is 10.0 Å².